The van der Waals surface area contributed by atoms with E-state index in [4.69, 9.17) is 20.0 Å². The van der Waals surface area contributed by atoms with E-state index >= 15 is 0 Å². The first-order valence-electron chi connectivity index (χ1n) is 28.5. The Bertz CT molecular complexity index is 4230. The number of halogens is 3. The minimum Gasteiger partial charge on any atom is -0.481 e. The number of nitrogens with zero attached hydrogens (tertiary/aromatic N) is 1. The fraction of sp³-hybridized carbons (Fsp3) is 0.235. The molecule has 9 aromatic rings. The van der Waals surface area contributed by atoms with Gasteiger partial charge < -0.3 is 35.4 Å². The Morgan fingerprint density at radius 1 is 0.600 bits per heavy atom. The number of carboxylic acids is 2. The van der Waals surface area contributed by atoms with Crippen LogP contribution in [0, 0.1) is 11.8 Å². The number of carbonyl (C=O) groups excluding carboxylic acids is 3. The average molecular weight is 1270 g/mol. The number of aromatic nitrogens is 2. The summed E-state index contributed by atoms with van der Waals surface area (Å²) in [6, 6.07) is 56.9. The minimum atomic E-state index is -4.64. The Morgan fingerprint density at radius 2 is 1.01 bits per heavy atom. The SMILES string of the molecule is CS(=O)(=O)N=C(N)CCCc1ccccc1.CS(=O)(=O)c1[nH]c2ccccc2c1CC(CC(=O)OCC1c2ccccc2-c2ccccc21)C(=O)O.O=C(CC(Cc1c[nH]c2ccccc12)C(=O)O)OCC1c2ccccc2-c2ccccc21.O=CC(F)(F)F. The van der Waals surface area contributed by atoms with E-state index in [-0.39, 0.29) is 61.6 Å². The number of aldehydes is 1. The quantitative estimate of drug-likeness (QED) is 0.0205. The summed E-state index contributed by atoms with van der Waals surface area (Å²) in [5, 5.41) is 21.1. The van der Waals surface area contributed by atoms with Gasteiger partial charge >= 0.3 is 30.1 Å². The molecule has 7 aromatic carbocycles. The van der Waals surface area contributed by atoms with Crippen molar-refractivity contribution in [3.63, 3.8) is 0 Å². The van der Waals surface area contributed by atoms with Crippen molar-refractivity contribution in [3.05, 3.63) is 221 Å². The van der Waals surface area contributed by atoms with Gasteiger partial charge in [-0.3, -0.25) is 24.0 Å². The van der Waals surface area contributed by atoms with Gasteiger partial charge in [0.25, 0.3) is 10.0 Å². The number of fused-ring (bicyclic) bond motifs is 8. The van der Waals surface area contributed by atoms with Gasteiger partial charge in [-0.1, -0.05) is 164 Å². The number of hydrogen-bond donors (Lipinski definition) is 5. The van der Waals surface area contributed by atoms with Crippen LogP contribution >= 0.6 is 0 Å². The Kier molecular flexibility index (Phi) is 21.8. The number of esters is 2. The van der Waals surface area contributed by atoms with E-state index in [1.807, 2.05) is 134 Å². The molecule has 90 heavy (non-hydrogen) atoms. The van der Waals surface area contributed by atoms with Gasteiger partial charge in [-0.25, -0.2) is 16.8 Å². The molecular weight excluding hydrogens is 1200 g/mol. The Labute approximate surface area is 517 Å². The van der Waals surface area contributed by atoms with Crippen LogP contribution in [-0.4, -0.2) is 105 Å². The van der Waals surface area contributed by atoms with E-state index in [1.54, 1.807) is 24.3 Å². The van der Waals surface area contributed by atoms with Gasteiger partial charge in [-0.2, -0.15) is 17.6 Å². The van der Waals surface area contributed by atoms with Gasteiger partial charge in [-0.05, 0) is 99.0 Å². The van der Waals surface area contributed by atoms with Crippen molar-refractivity contribution in [1.29, 1.82) is 0 Å². The molecule has 22 heteroatoms. The molecule has 0 fully saturated rings. The molecule has 0 radical (unpaired) electrons. The number of rotatable bonds is 20. The number of hydrogen-bond acceptors (Lipinski definition) is 11. The molecule has 0 saturated heterocycles. The Hall–Kier alpha value is -9.67. The highest BCUT2D eigenvalue weighted by molar-refractivity contribution is 7.90. The molecule has 0 aliphatic heterocycles. The second-order valence-corrected chi connectivity index (χ2v) is 25.2. The lowest BCUT2D eigenvalue weighted by atomic mass is 9.95. The normalized spacial score (nSPS) is 13.3. The summed E-state index contributed by atoms with van der Waals surface area (Å²) in [6.07, 6.45) is 0.0248. The topological polar surface area (TPSA) is 283 Å². The van der Waals surface area contributed by atoms with E-state index in [2.05, 4.69) is 38.6 Å². The second-order valence-electron chi connectivity index (χ2n) is 21.6. The molecule has 0 saturated carbocycles. The van der Waals surface area contributed by atoms with Gasteiger partial charge in [0.1, 0.15) is 24.1 Å². The van der Waals surface area contributed by atoms with Gasteiger partial charge in [-0.15, -0.1) is 0 Å². The van der Waals surface area contributed by atoms with Crippen LogP contribution in [0.4, 0.5) is 13.2 Å². The average Bonchev–Trinajstić information content (AvgIpc) is 1.68. The number of amidine groups is 1. The van der Waals surface area contributed by atoms with Crippen molar-refractivity contribution in [3.8, 4) is 22.3 Å². The van der Waals surface area contributed by atoms with E-state index in [0.717, 1.165) is 86.3 Å². The number of sulfonamides is 1. The zero-order valence-electron chi connectivity index (χ0n) is 48.9. The molecular formula is C68H65F3N4O13S2. The molecule has 2 heterocycles. The molecule has 0 spiro atoms. The standard InChI is InChI=1S/C28H25NO6S.C27H23NO4.C11H16N2O2S.C2HF3O/c1-36(33,34)27-23(22-12-6-7-13-25(22)29-27)14-17(28(31)32)15-26(30)35-16-24-20-10-4-2-8-18(20)19-9-3-5-11-21(19)24;29-26(14-17(27(30)31)13-18-15-28-25-12-6-5-7-19(18)25)32-16-24-22-10-3-1-8-20(22)21-9-2-4-11-23(21)24;1-16(14,15)13-11(12)9-5-8-10-6-3-2-4-7-10;3-2(4,5)1-6/h2-13,17,24,29H,14-16H2,1H3,(H,31,32);1-12,15,17,24,28H,13-14,16H2,(H,30,31);2-4,6-7H,5,8-9H2,1H3,(H2,12,13);1H. The number of para-hydroxylation sites is 2. The molecule has 0 amide bonds. The van der Waals surface area contributed by atoms with E-state index in [0.29, 0.717) is 22.9 Å². The number of ether oxygens (including phenoxy) is 2. The van der Waals surface area contributed by atoms with Crippen LogP contribution in [0.15, 0.2) is 192 Å². The van der Waals surface area contributed by atoms with Crippen LogP contribution in [0.3, 0.4) is 0 Å². The number of nitrogens with two attached hydrogens (primary N) is 1. The van der Waals surface area contributed by atoms with Crippen LogP contribution in [-0.2, 0) is 72.6 Å². The predicted molar refractivity (Wildman–Crippen MR) is 336 cm³/mol. The molecule has 11 rings (SSSR count). The van der Waals surface area contributed by atoms with Gasteiger partial charge in [0.15, 0.2) is 9.84 Å². The molecule has 2 aliphatic carbocycles. The number of aliphatic carboxylic acids is 2. The summed E-state index contributed by atoms with van der Waals surface area (Å²) < 4.78 is 92.2. The van der Waals surface area contributed by atoms with Gasteiger partial charge in [0.2, 0.25) is 6.29 Å². The molecule has 468 valence electrons. The smallest absolute Gasteiger partial charge is 0.446 e. The van der Waals surface area contributed by atoms with Crippen molar-refractivity contribution in [1.82, 2.24) is 9.97 Å². The zero-order chi connectivity index (χ0) is 64.8. The monoisotopic (exact) mass is 1270 g/mol. The highest BCUT2D eigenvalue weighted by Gasteiger charge is 2.33. The first-order chi connectivity index (χ1) is 42.9. The van der Waals surface area contributed by atoms with Crippen molar-refractivity contribution < 1.29 is 73.7 Å². The van der Waals surface area contributed by atoms with Gasteiger partial charge in [0, 0.05) is 52.5 Å². The largest absolute Gasteiger partial charge is 0.481 e. The first-order valence-corrected chi connectivity index (χ1v) is 32.2. The number of nitrogens with one attached hydrogen (secondary N) is 2. The Morgan fingerprint density at radius 3 is 1.46 bits per heavy atom. The molecule has 17 nitrogen and oxygen atoms in total. The number of carboxylic acid groups (broad SMARTS) is 2. The van der Waals surface area contributed by atoms with Crippen molar-refractivity contribution in [2.45, 2.75) is 68.0 Å². The maximum atomic E-state index is 12.8. The Balaban J connectivity index is 0.000000176. The van der Waals surface area contributed by atoms with Crippen LogP contribution in [0.25, 0.3) is 44.1 Å². The van der Waals surface area contributed by atoms with Crippen molar-refractivity contribution >= 4 is 77.7 Å². The number of alkyl halides is 3. The lowest BCUT2D eigenvalue weighted by molar-refractivity contribution is -0.156. The number of benzene rings is 7. The maximum Gasteiger partial charge on any atom is 0.446 e. The van der Waals surface area contributed by atoms with Crippen LogP contribution in [0.1, 0.15) is 76.5 Å². The zero-order valence-corrected chi connectivity index (χ0v) is 50.6. The molecule has 2 unspecified atom stereocenters. The summed E-state index contributed by atoms with van der Waals surface area (Å²) in [7, 11) is -6.99. The molecule has 2 aliphatic rings. The van der Waals surface area contributed by atoms with Crippen molar-refractivity contribution in [2.24, 2.45) is 22.0 Å². The summed E-state index contributed by atoms with van der Waals surface area (Å²) >= 11 is 0. The van der Waals surface area contributed by atoms with Crippen LogP contribution < -0.4 is 5.73 Å². The number of aromatic amines is 2. The minimum absolute atomic E-state index is 0.0255. The number of aryl methyl sites for hydroxylation is 1. The fourth-order valence-corrected chi connectivity index (χ4v) is 12.6. The maximum absolute atomic E-state index is 12.8. The van der Waals surface area contributed by atoms with Crippen LogP contribution in [0.5, 0.6) is 0 Å². The molecule has 2 aromatic heterocycles. The summed E-state index contributed by atoms with van der Waals surface area (Å²) in [4.78, 5) is 64.1. The van der Waals surface area contributed by atoms with Gasteiger partial charge in [0.05, 0.1) is 30.9 Å². The third kappa shape index (κ3) is 17.6. The number of carbonyl (C=O) groups is 5. The molecule has 0 bridgehead atoms. The molecule has 2 atom stereocenters. The second kappa shape index (κ2) is 29.6. The highest BCUT2D eigenvalue weighted by Crippen LogP contribution is 2.46. The third-order valence-corrected chi connectivity index (χ3v) is 16.8. The fourth-order valence-electron chi connectivity index (χ4n) is 11.1. The highest BCUT2D eigenvalue weighted by atomic mass is 32.2. The number of H-pyrrole nitrogens is 2. The summed E-state index contributed by atoms with van der Waals surface area (Å²) in [5.74, 6) is -5.27. The van der Waals surface area contributed by atoms with Crippen LogP contribution in [0.2, 0.25) is 0 Å². The first kappa shape index (κ1) is 66.3. The molecule has 6 N–H and O–H groups in total. The third-order valence-electron chi connectivity index (χ3n) is 15.2. The number of sulfone groups is 1. The van der Waals surface area contributed by atoms with E-state index in [1.165, 1.54) is 5.56 Å². The lowest BCUT2D eigenvalue weighted by Gasteiger charge is -2.16. The van der Waals surface area contributed by atoms with E-state index in [9.17, 15) is 59.4 Å². The van der Waals surface area contributed by atoms with Crippen molar-refractivity contribution in [2.75, 3.05) is 25.7 Å². The summed E-state index contributed by atoms with van der Waals surface area (Å²) in [5.41, 5.74) is 18.4. The van der Waals surface area contributed by atoms with E-state index < -0.39 is 68.0 Å². The lowest BCUT2D eigenvalue weighted by Crippen LogP contribution is -2.23. The predicted octanol–water partition coefficient (Wildman–Crippen LogP) is 11.8. The summed E-state index contributed by atoms with van der Waals surface area (Å²) in [6.45, 7) is 0.299.